The molecule has 0 N–H and O–H groups in total. The molecule has 170 valence electrons. The number of nitrogens with zero attached hydrogens (tertiary/aromatic N) is 4. The number of rotatable bonds is 4. The number of hydrogen-bond acceptors (Lipinski definition) is 4. The zero-order valence-corrected chi connectivity index (χ0v) is 16.8. The van der Waals surface area contributed by atoms with E-state index < -0.39 is 59.5 Å². The summed E-state index contributed by atoms with van der Waals surface area (Å²) in [6.45, 7) is 3.68. The Labute approximate surface area is 173 Å². The maximum atomic E-state index is 13.6. The third-order valence-corrected chi connectivity index (χ3v) is 4.18. The summed E-state index contributed by atoms with van der Waals surface area (Å²) in [6, 6.07) is 0.838. The van der Waals surface area contributed by atoms with E-state index in [0.717, 1.165) is 9.47 Å². The van der Waals surface area contributed by atoms with Crippen molar-refractivity contribution in [3.8, 4) is 0 Å². The van der Waals surface area contributed by atoms with Crippen LogP contribution < -0.4 is 0 Å². The minimum Gasteiger partial charge on any atom is -0.333 e. The average Bonchev–Trinajstić information content (AvgIpc) is 3.10. The van der Waals surface area contributed by atoms with Gasteiger partial charge in [-0.05, 0) is 11.6 Å². The summed E-state index contributed by atoms with van der Waals surface area (Å²) < 4.78 is 78.9. The van der Waals surface area contributed by atoms with Gasteiger partial charge in [0.1, 0.15) is 11.6 Å². The lowest BCUT2D eigenvalue weighted by Gasteiger charge is -2.27. The van der Waals surface area contributed by atoms with Gasteiger partial charge in [-0.25, -0.2) is 13.2 Å². The number of hydrogen-bond donors (Lipinski definition) is 0. The van der Waals surface area contributed by atoms with Crippen molar-refractivity contribution >= 4 is 11.7 Å². The molecule has 0 atom stereocenters. The molecule has 1 aliphatic heterocycles. The summed E-state index contributed by atoms with van der Waals surface area (Å²) >= 11 is 0. The van der Waals surface area contributed by atoms with Gasteiger partial charge < -0.3 is 9.47 Å². The van der Waals surface area contributed by atoms with Crippen LogP contribution in [-0.4, -0.2) is 37.9 Å². The molecule has 3 rings (SSSR count). The molecule has 31 heavy (non-hydrogen) atoms. The van der Waals surface area contributed by atoms with Crippen LogP contribution in [0.25, 0.3) is 0 Å². The number of fused-ring (bicyclic) bond motifs is 1. The van der Waals surface area contributed by atoms with E-state index in [4.69, 9.17) is 0 Å². The van der Waals surface area contributed by atoms with Gasteiger partial charge in [0.25, 0.3) is 0 Å². The second-order valence-corrected chi connectivity index (χ2v) is 6.86. The summed E-state index contributed by atoms with van der Waals surface area (Å²) in [5.41, 5.74) is -0.398. The Morgan fingerprint density at radius 3 is 2.23 bits per heavy atom. The number of carbonyl (C=O) groups excluding carboxylic acids is 2. The molecule has 2 heterocycles. The molecule has 0 bridgehead atoms. The van der Waals surface area contributed by atoms with Crippen molar-refractivity contribution in [3.63, 3.8) is 0 Å². The first-order valence-electron chi connectivity index (χ1n) is 9.40. The van der Waals surface area contributed by atoms with E-state index in [2.05, 4.69) is 24.0 Å². The zero-order valence-electron chi connectivity index (χ0n) is 16.8. The molecule has 0 spiro atoms. The summed E-state index contributed by atoms with van der Waals surface area (Å²) in [4.78, 5) is 25.3. The Morgan fingerprint density at radius 1 is 1.00 bits per heavy atom. The van der Waals surface area contributed by atoms with Crippen LogP contribution in [-0.2, 0) is 35.3 Å². The Bertz CT molecular complexity index is 958. The highest BCUT2D eigenvalue weighted by Gasteiger charge is 2.40. The summed E-state index contributed by atoms with van der Waals surface area (Å²) in [6.07, 6.45) is -4.72. The summed E-state index contributed by atoms with van der Waals surface area (Å²) in [7, 11) is 0. The number of alkyl halides is 3. The molecule has 0 unspecified atom stereocenters. The van der Waals surface area contributed by atoms with E-state index >= 15 is 0 Å². The first kappa shape index (κ1) is 24.4. The molecule has 12 heteroatoms. The van der Waals surface area contributed by atoms with Crippen LogP contribution in [0, 0.1) is 17.5 Å². The second-order valence-electron chi connectivity index (χ2n) is 6.86. The van der Waals surface area contributed by atoms with Crippen molar-refractivity contribution < 1.29 is 35.9 Å². The van der Waals surface area contributed by atoms with Gasteiger partial charge >= 0.3 is 6.18 Å². The van der Waals surface area contributed by atoms with Crippen molar-refractivity contribution in [1.82, 2.24) is 19.7 Å². The molecule has 1 aromatic heterocycles. The lowest BCUT2D eigenvalue weighted by Crippen LogP contribution is -2.40. The zero-order chi connectivity index (χ0) is 23.3. The van der Waals surface area contributed by atoms with Crippen molar-refractivity contribution in [3.05, 3.63) is 46.8 Å². The quantitative estimate of drug-likeness (QED) is 0.405. The van der Waals surface area contributed by atoms with Gasteiger partial charge in [-0.2, -0.15) is 13.2 Å². The highest BCUT2D eigenvalue weighted by Crippen LogP contribution is 2.29. The molecule has 1 aliphatic rings. The predicted octanol–water partition coefficient (Wildman–Crippen LogP) is 3.67. The molecule has 0 saturated heterocycles. The van der Waals surface area contributed by atoms with E-state index in [1.165, 1.54) is 6.42 Å². The van der Waals surface area contributed by atoms with Gasteiger partial charge in [0.2, 0.25) is 11.7 Å². The topological polar surface area (TPSA) is 68.1 Å². The number of amides is 1. The molecule has 6 nitrogen and oxygen atoms in total. The Morgan fingerprint density at radius 2 is 1.61 bits per heavy atom. The third-order valence-electron chi connectivity index (χ3n) is 4.18. The standard InChI is InChI=1S/C16H12F6N4O2.C3H8/c17-10-6-12(19)11(18)4-8(10)3-9(27)5-14(28)25-1-2-26-13(7-25)23-24-15(26)16(20,21)22;1-3-2/h4,6H,1-3,5,7H2;3H2,1-2H3. The highest BCUT2D eigenvalue weighted by molar-refractivity contribution is 5.98. The van der Waals surface area contributed by atoms with E-state index in [1.807, 2.05) is 0 Å². The number of aromatic nitrogens is 3. The van der Waals surface area contributed by atoms with Crippen LogP contribution in [0.3, 0.4) is 0 Å². The van der Waals surface area contributed by atoms with Gasteiger partial charge in [0.05, 0.1) is 13.0 Å². The number of halogens is 6. The minimum absolute atomic E-state index is 0.0778. The number of Topliss-reactive ketones (excluding diaryl/α,β-unsaturated/α-hetero) is 1. The fourth-order valence-electron chi connectivity index (χ4n) is 2.83. The van der Waals surface area contributed by atoms with Crippen molar-refractivity contribution in [1.29, 1.82) is 0 Å². The van der Waals surface area contributed by atoms with Crippen LogP contribution in [0.1, 0.15) is 43.9 Å². The number of carbonyl (C=O) groups is 2. The SMILES string of the molecule is CCC.O=C(CC(=O)N1CCn2c(nnc2C(F)(F)F)C1)Cc1cc(F)c(F)cc1F. The van der Waals surface area contributed by atoms with Crippen LogP contribution in [0.15, 0.2) is 12.1 Å². The monoisotopic (exact) mass is 450 g/mol. The Kier molecular flexibility index (Phi) is 7.80. The van der Waals surface area contributed by atoms with E-state index in [-0.39, 0.29) is 25.5 Å². The van der Waals surface area contributed by atoms with Crippen molar-refractivity contribution in [2.75, 3.05) is 6.54 Å². The van der Waals surface area contributed by atoms with Crippen LogP contribution in [0.2, 0.25) is 0 Å². The first-order valence-corrected chi connectivity index (χ1v) is 9.40. The molecular weight excluding hydrogens is 430 g/mol. The normalized spacial score (nSPS) is 13.4. The van der Waals surface area contributed by atoms with E-state index in [9.17, 15) is 35.9 Å². The molecule has 0 radical (unpaired) electrons. The third kappa shape index (κ3) is 6.05. The Hall–Kier alpha value is -2.92. The van der Waals surface area contributed by atoms with Gasteiger partial charge in [-0.15, -0.1) is 10.2 Å². The molecule has 0 aliphatic carbocycles. The van der Waals surface area contributed by atoms with Gasteiger partial charge in [-0.3, -0.25) is 9.59 Å². The van der Waals surface area contributed by atoms with Crippen LogP contribution >= 0.6 is 0 Å². The highest BCUT2D eigenvalue weighted by atomic mass is 19.4. The smallest absolute Gasteiger partial charge is 0.333 e. The van der Waals surface area contributed by atoms with Crippen molar-refractivity contribution in [2.24, 2.45) is 0 Å². The lowest BCUT2D eigenvalue weighted by atomic mass is 10.1. The van der Waals surface area contributed by atoms with Crippen LogP contribution in [0.4, 0.5) is 26.3 Å². The fourth-order valence-corrected chi connectivity index (χ4v) is 2.83. The van der Waals surface area contributed by atoms with Crippen molar-refractivity contribution in [2.45, 2.75) is 52.4 Å². The molecule has 2 aromatic rings. The molecule has 0 saturated carbocycles. The van der Waals surface area contributed by atoms with E-state index in [0.29, 0.717) is 12.1 Å². The molecule has 1 amide bonds. The molecular formula is C19H20F6N4O2. The largest absolute Gasteiger partial charge is 0.451 e. The van der Waals surface area contributed by atoms with Gasteiger partial charge in [-0.1, -0.05) is 20.3 Å². The number of ketones is 1. The number of benzene rings is 1. The van der Waals surface area contributed by atoms with Crippen LogP contribution in [0.5, 0.6) is 0 Å². The fraction of sp³-hybridized carbons (Fsp3) is 0.474. The summed E-state index contributed by atoms with van der Waals surface area (Å²) in [5, 5.41) is 6.50. The Balaban J connectivity index is 0.00000107. The van der Waals surface area contributed by atoms with E-state index in [1.54, 1.807) is 0 Å². The second kappa shape index (κ2) is 9.92. The molecule has 1 aromatic carbocycles. The predicted molar refractivity (Wildman–Crippen MR) is 96.1 cm³/mol. The maximum Gasteiger partial charge on any atom is 0.451 e. The lowest BCUT2D eigenvalue weighted by molar-refractivity contribution is -0.148. The van der Waals surface area contributed by atoms with Gasteiger partial charge in [0, 0.05) is 25.6 Å². The summed E-state index contributed by atoms with van der Waals surface area (Å²) in [5.74, 6) is -6.54. The minimum atomic E-state index is -4.68. The average molecular weight is 450 g/mol. The maximum absolute atomic E-state index is 13.6. The first-order chi connectivity index (χ1) is 14.5. The molecule has 0 fully saturated rings. The van der Waals surface area contributed by atoms with Gasteiger partial charge in [0.15, 0.2) is 17.5 Å².